The number of hydrogen-bond donors (Lipinski definition) is 1. The van der Waals surface area contributed by atoms with Gasteiger partial charge in [-0.15, -0.1) is 0 Å². The van der Waals surface area contributed by atoms with Gasteiger partial charge in [0.05, 0.1) is 0 Å². The molecular weight excluding hydrogens is 233 g/mol. The first-order valence-corrected chi connectivity index (χ1v) is 8.36. The first-order valence-electron chi connectivity index (χ1n) is 2.90. The molecule has 3 nitrogen and oxygen atoms in total. The second-order valence-electron chi connectivity index (χ2n) is 2.02. The number of carbonyl (C=O) groups is 2. The van der Waals surface area contributed by atoms with Crippen LogP contribution in [0.5, 0.6) is 0 Å². The number of hydrogen-bond acceptors (Lipinski definition) is 2. The van der Waals surface area contributed by atoms with Gasteiger partial charge in [-0.3, -0.25) is 0 Å². The molecule has 0 spiro atoms. The van der Waals surface area contributed by atoms with Crippen molar-refractivity contribution >= 4 is 30.9 Å². The molecule has 1 rings (SSSR count). The van der Waals surface area contributed by atoms with Crippen LogP contribution < -0.4 is 5.73 Å². The third-order valence-corrected chi connectivity index (χ3v) is 7.47. The molecule has 0 unspecified atom stereocenters. The van der Waals surface area contributed by atoms with Gasteiger partial charge in [-0.1, -0.05) is 0 Å². The summed E-state index contributed by atoms with van der Waals surface area (Å²) in [6, 6.07) is 0. The predicted molar refractivity (Wildman–Crippen MR) is 38.2 cm³/mol. The van der Waals surface area contributed by atoms with Gasteiger partial charge in [-0.2, -0.15) is 0 Å². The average molecular weight is 239 g/mol. The van der Waals surface area contributed by atoms with E-state index >= 15 is 0 Å². The molecule has 0 fully saturated rings. The minimum absolute atomic E-state index is 0.341. The van der Waals surface area contributed by atoms with Crippen LogP contribution in [0.3, 0.4) is 0 Å². The van der Waals surface area contributed by atoms with E-state index in [4.69, 9.17) is 5.73 Å². The quantitative estimate of drug-likeness (QED) is 0.646. The summed E-state index contributed by atoms with van der Waals surface area (Å²) in [6.07, 6.45) is 3.61. The van der Waals surface area contributed by atoms with Crippen LogP contribution in [0.2, 0.25) is 0 Å². The zero-order valence-electron chi connectivity index (χ0n) is 5.28. The molecular formula is C6H6InNO2. The summed E-state index contributed by atoms with van der Waals surface area (Å²) < 4.78 is 3.34. The van der Waals surface area contributed by atoms with Crippen molar-refractivity contribution in [3.05, 3.63) is 19.8 Å². The van der Waals surface area contributed by atoms with E-state index in [2.05, 4.69) is 0 Å². The van der Waals surface area contributed by atoms with Crippen molar-refractivity contribution in [1.82, 2.24) is 0 Å². The first kappa shape index (κ1) is 7.60. The van der Waals surface area contributed by atoms with Gasteiger partial charge in [-0.05, 0) is 0 Å². The van der Waals surface area contributed by atoms with E-state index in [1.54, 1.807) is 0 Å². The van der Waals surface area contributed by atoms with Crippen molar-refractivity contribution in [3.63, 3.8) is 0 Å². The fourth-order valence-corrected chi connectivity index (χ4v) is 5.17. The fraction of sp³-hybridized carbons (Fsp3) is 0. The van der Waals surface area contributed by atoms with Crippen molar-refractivity contribution in [2.45, 2.75) is 0 Å². The third kappa shape index (κ3) is 1.50. The minimum atomic E-state index is -2.37. The maximum atomic E-state index is 10.9. The number of primary amides is 1. The monoisotopic (exact) mass is 239 g/mol. The molecule has 0 aromatic carbocycles. The van der Waals surface area contributed by atoms with Crippen LogP contribution in [0.1, 0.15) is 0 Å². The number of rotatable bonds is 2. The Morgan fingerprint density at radius 2 is 1.70 bits per heavy atom. The van der Waals surface area contributed by atoms with Crippen LogP contribution in [0.15, 0.2) is 19.8 Å². The van der Waals surface area contributed by atoms with Gasteiger partial charge in [-0.25, -0.2) is 0 Å². The zero-order valence-corrected chi connectivity index (χ0v) is 8.58. The summed E-state index contributed by atoms with van der Waals surface area (Å²) in [6.45, 7) is 0. The molecule has 1 aliphatic rings. The fourth-order valence-electron chi connectivity index (χ4n) is 0.771. The standard InChI is InChI=1S/C4H4.C2H2NO2.In/c1-3-4-2;3-2(5)1-4;/h1-4H;(H2,3,5);. The van der Waals surface area contributed by atoms with E-state index in [0.717, 1.165) is 0 Å². The Labute approximate surface area is 66.1 Å². The SMILES string of the molecule is NC(=O)[C](=O)[In]1[CH]=CC=[CH]1. The van der Waals surface area contributed by atoms with Crippen molar-refractivity contribution < 1.29 is 9.59 Å². The van der Waals surface area contributed by atoms with Gasteiger partial charge in [0.1, 0.15) is 0 Å². The molecule has 0 saturated heterocycles. The second-order valence-corrected chi connectivity index (χ2v) is 8.72. The summed E-state index contributed by atoms with van der Waals surface area (Å²) in [7, 11) is 0. The Morgan fingerprint density at radius 1 is 1.20 bits per heavy atom. The van der Waals surface area contributed by atoms with Crippen LogP contribution in [0, 0.1) is 0 Å². The number of amides is 1. The van der Waals surface area contributed by atoms with Gasteiger partial charge in [0.2, 0.25) is 0 Å². The van der Waals surface area contributed by atoms with Crippen LogP contribution in [-0.4, -0.2) is 30.9 Å². The van der Waals surface area contributed by atoms with Gasteiger partial charge in [0.25, 0.3) is 0 Å². The molecule has 0 aliphatic carbocycles. The number of nitrogens with two attached hydrogens (primary N) is 1. The Balaban J connectivity index is 2.67. The van der Waals surface area contributed by atoms with Crippen molar-refractivity contribution in [2.75, 3.05) is 0 Å². The van der Waals surface area contributed by atoms with Crippen molar-refractivity contribution in [3.8, 4) is 0 Å². The molecule has 0 aromatic rings. The average Bonchev–Trinajstić information content (AvgIpc) is 2.36. The normalized spacial score (nSPS) is 14.2. The van der Waals surface area contributed by atoms with Crippen LogP contribution in [0.25, 0.3) is 0 Å². The summed E-state index contributed by atoms with van der Waals surface area (Å²) in [5.74, 6) is -0.781. The van der Waals surface area contributed by atoms with Crippen LogP contribution in [0.4, 0.5) is 0 Å². The van der Waals surface area contributed by atoms with E-state index in [9.17, 15) is 9.59 Å². The molecule has 1 heterocycles. The van der Waals surface area contributed by atoms with Crippen LogP contribution in [-0.2, 0) is 9.59 Å². The van der Waals surface area contributed by atoms with E-state index < -0.39 is 27.3 Å². The molecule has 1 amide bonds. The summed E-state index contributed by atoms with van der Waals surface area (Å²) in [4.78, 5) is 21.2. The summed E-state index contributed by atoms with van der Waals surface area (Å²) in [5.41, 5.74) is 4.81. The Kier molecular flexibility index (Phi) is 2.32. The molecule has 0 atom stereocenters. The molecule has 50 valence electrons. The Morgan fingerprint density at radius 3 is 2.10 bits per heavy atom. The number of allylic oxidation sites excluding steroid dienone is 2. The van der Waals surface area contributed by atoms with Gasteiger partial charge >= 0.3 is 66.0 Å². The maximum absolute atomic E-state index is 10.9. The van der Waals surface area contributed by atoms with Crippen molar-refractivity contribution in [1.29, 1.82) is 0 Å². The van der Waals surface area contributed by atoms with Gasteiger partial charge in [0.15, 0.2) is 0 Å². The zero-order chi connectivity index (χ0) is 7.56. The second kappa shape index (κ2) is 3.05. The van der Waals surface area contributed by atoms with E-state index in [0.29, 0.717) is 0 Å². The molecule has 0 aromatic heterocycles. The van der Waals surface area contributed by atoms with Crippen molar-refractivity contribution in [2.24, 2.45) is 5.73 Å². The van der Waals surface area contributed by atoms with E-state index in [1.165, 1.54) is 0 Å². The Bertz CT molecular complexity index is 220. The summed E-state index contributed by atoms with van der Waals surface area (Å²) in [5, 5.41) is 0. The topological polar surface area (TPSA) is 60.2 Å². The van der Waals surface area contributed by atoms with Gasteiger partial charge in [0, 0.05) is 0 Å². The first-order chi connectivity index (χ1) is 4.72. The van der Waals surface area contributed by atoms with Crippen LogP contribution >= 0.6 is 0 Å². The van der Waals surface area contributed by atoms with Gasteiger partial charge < -0.3 is 0 Å². The molecule has 1 aliphatic heterocycles. The molecule has 0 bridgehead atoms. The summed E-state index contributed by atoms with van der Waals surface area (Å²) >= 11 is -2.37. The molecule has 0 saturated carbocycles. The molecule has 10 heavy (non-hydrogen) atoms. The third-order valence-electron chi connectivity index (χ3n) is 1.29. The Hall–Kier alpha value is -0.510. The molecule has 4 heteroatoms. The molecule has 2 N–H and O–H groups in total. The van der Waals surface area contributed by atoms with E-state index in [1.807, 2.05) is 19.8 Å². The predicted octanol–water partition coefficient (Wildman–Crippen LogP) is -0.721. The number of carbonyl (C=O) groups excluding carboxylic acids is 2. The van der Waals surface area contributed by atoms with E-state index in [-0.39, 0.29) is 3.54 Å². The molecule has 0 radical (unpaired) electrons.